The van der Waals surface area contributed by atoms with E-state index < -0.39 is 5.41 Å². The first-order chi connectivity index (χ1) is 14.4. The van der Waals surface area contributed by atoms with Crippen molar-refractivity contribution in [1.29, 1.82) is 0 Å². The molecule has 2 nitrogen and oxygen atoms in total. The van der Waals surface area contributed by atoms with Gasteiger partial charge in [0.05, 0.1) is 12.6 Å². The molecule has 0 spiro atoms. The molecule has 1 unspecified atom stereocenters. The third-order valence-electron chi connectivity index (χ3n) is 5.53. The fourth-order valence-electron chi connectivity index (χ4n) is 4.02. The lowest BCUT2D eigenvalue weighted by atomic mass is 9.85. The number of anilines is 1. The molecule has 30 heavy (non-hydrogen) atoms. The molecule has 0 bridgehead atoms. The molecule has 0 radical (unpaired) electrons. The summed E-state index contributed by atoms with van der Waals surface area (Å²) in [6.45, 7) is 6.51. The Morgan fingerprint density at radius 3 is 2.00 bits per heavy atom. The van der Waals surface area contributed by atoms with Crippen molar-refractivity contribution in [3.63, 3.8) is 0 Å². The van der Waals surface area contributed by atoms with Gasteiger partial charge in [0.1, 0.15) is 0 Å². The van der Waals surface area contributed by atoms with Crippen molar-refractivity contribution >= 4 is 28.6 Å². The van der Waals surface area contributed by atoms with E-state index >= 15 is 0 Å². The second kappa shape index (κ2) is 8.12. The lowest BCUT2D eigenvalue weighted by molar-refractivity contribution is 0.0858. The molecule has 1 heterocycles. The Hall–Kier alpha value is -2.84. The average Bonchev–Trinajstić information content (AvgIpc) is 3.11. The van der Waals surface area contributed by atoms with Crippen molar-refractivity contribution in [2.45, 2.75) is 26.8 Å². The molecule has 4 rings (SSSR count). The van der Waals surface area contributed by atoms with Gasteiger partial charge in [-0.2, -0.15) is 0 Å². The fraction of sp³-hybridized carbons (Fsp3) is 0.222. The zero-order valence-electron chi connectivity index (χ0n) is 17.6. The first kappa shape index (κ1) is 20.4. The van der Waals surface area contributed by atoms with Crippen LogP contribution in [0.4, 0.5) is 5.69 Å². The molecule has 3 aromatic carbocycles. The number of halogens is 1. The summed E-state index contributed by atoms with van der Waals surface area (Å²) < 4.78 is 0. The molecule has 0 aromatic heterocycles. The van der Waals surface area contributed by atoms with Gasteiger partial charge in [0.15, 0.2) is 5.78 Å². The van der Waals surface area contributed by atoms with Crippen LogP contribution in [0.25, 0.3) is 5.57 Å². The summed E-state index contributed by atoms with van der Waals surface area (Å²) >= 11 is 6.83. The average molecular weight is 416 g/mol. The topological polar surface area (TPSA) is 20.3 Å². The predicted molar refractivity (Wildman–Crippen MR) is 126 cm³/mol. The number of rotatable bonds is 4. The van der Waals surface area contributed by atoms with Crippen LogP contribution in [0.5, 0.6) is 0 Å². The summed E-state index contributed by atoms with van der Waals surface area (Å²) in [5.74, 6) is 0.150. The first-order valence-corrected chi connectivity index (χ1v) is 10.6. The summed E-state index contributed by atoms with van der Waals surface area (Å²) in [6, 6.07) is 28.7. The van der Waals surface area contributed by atoms with Crippen LogP contribution >= 0.6 is 11.6 Å². The molecule has 0 aliphatic carbocycles. The monoisotopic (exact) mass is 415 g/mol. The molecule has 1 aliphatic rings. The maximum absolute atomic E-state index is 12.7. The fourth-order valence-corrected chi connectivity index (χ4v) is 4.36. The molecule has 1 aliphatic heterocycles. The number of para-hydroxylation sites is 1. The molecule has 0 saturated carbocycles. The van der Waals surface area contributed by atoms with Crippen LogP contribution in [-0.4, -0.2) is 12.3 Å². The Morgan fingerprint density at radius 2 is 1.43 bits per heavy atom. The van der Waals surface area contributed by atoms with E-state index in [1.165, 1.54) is 0 Å². The Labute approximate surface area is 183 Å². The number of hydrogen-bond acceptors (Lipinski definition) is 2. The summed E-state index contributed by atoms with van der Waals surface area (Å²) in [5.41, 5.74) is 4.84. The van der Waals surface area contributed by atoms with E-state index in [0.717, 1.165) is 33.0 Å². The minimum atomic E-state index is -0.399. The van der Waals surface area contributed by atoms with E-state index in [1.54, 1.807) is 0 Å². The standard InChI is InChI=1S/C27H26ClNO/c1-27(2,3)26(30)21-16-14-20(15-17-21)25-24(19-10-6-4-7-11-19)23(28)18-29(25)22-12-8-5-9-13-22/h4-17,25H,18H2,1-3H3. The lowest BCUT2D eigenvalue weighted by Crippen LogP contribution is -2.25. The summed E-state index contributed by atoms with van der Waals surface area (Å²) in [5, 5.41) is 0.852. The third kappa shape index (κ3) is 3.93. The van der Waals surface area contributed by atoms with Gasteiger partial charge in [-0.15, -0.1) is 0 Å². The molecule has 0 fully saturated rings. The van der Waals surface area contributed by atoms with Crippen molar-refractivity contribution < 1.29 is 4.79 Å². The van der Waals surface area contributed by atoms with E-state index in [2.05, 4.69) is 41.3 Å². The molecule has 3 heteroatoms. The Morgan fingerprint density at radius 1 is 0.867 bits per heavy atom. The summed E-state index contributed by atoms with van der Waals surface area (Å²) in [6.07, 6.45) is 0. The number of carbonyl (C=O) groups is 1. The second-order valence-electron chi connectivity index (χ2n) is 8.75. The first-order valence-electron chi connectivity index (χ1n) is 10.3. The van der Waals surface area contributed by atoms with Gasteiger partial charge in [0, 0.05) is 27.3 Å². The molecule has 1 atom stereocenters. The van der Waals surface area contributed by atoms with Crippen molar-refractivity contribution in [3.8, 4) is 0 Å². The highest BCUT2D eigenvalue weighted by atomic mass is 35.5. The van der Waals surface area contributed by atoms with Gasteiger partial charge < -0.3 is 4.90 Å². The smallest absolute Gasteiger partial charge is 0.168 e. The zero-order chi connectivity index (χ0) is 21.3. The maximum Gasteiger partial charge on any atom is 0.168 e. The van der Waals surface area contributed by atoms with Gasteiger partial charge >= 0.3 is 0 Å². The van der Waals surface area contributed by atoms with Crippen LogP contribution in [0.2, 0.25) is 0 Å². The number of Topliss-reactive ketones (excluding diaryl/α,β-unsaturated/α-hetero) is 1. The van der Waals surface area contributed by atoms with Crippen LogP contribution in [0.15, 0.2) is 90.0 Å². The largest absolute Gasteiger partial charge is 0.355 e. The van der Waals surface area contributed by atoms with E-state index in [4.69, 9.17) is 11.6 Å². The molecule has 0 amide bonds. The number of ketones is 1. The molecule has 0 saturated heterocycles. The van der Waals surface area contributed by atoms with Crippen molar-refractivity contribution in [2.75, 3.05) is 11.4 Å². The number of hydrogen-bond donors (Lipinski definition) is 0. The summed E-state index contributed by atoms with van der Waals surface area (Å²) in [7, 11) is 0. The molecule has 152 valence electrons. The Balaban J connectivity index is 1.78. The second-order valence-corrected chi connectivity index (χ2v) is 9.21. The minimum absolute atomic E-state index is 0.0129. The maximum atomic E-state index is 12.7. The highest BCUT2D eigenvalue weighted by Crippen LogP contribution is 2.46. The van der Waals surface area contributed by atoms with E-state index in [-0.39, 0.29) is 11.8 Å². The van der Waals surface area contributed by atoms with Crippen molar-refractivity contribution in [1.82, 2.24) is 0 Å². The SMILES string of the molecule is CC(C)(C)C(=O)c1ccc(C2C(c3ccccc3)=C(Cl)CN2c2ccccc2)cc1. The van der Waals surface area contributed by atoms with Crippen LogP contribution in [-0.2, 0) is 0 Å². The molecular weight excluding hydrogens is 390 g/mol. The highest BCUT2D eigenvalue weighted by Gasteiger charge is 2.34. The quantitative estimate of drug-likeness (QED) is 0.422. The number of carbonyl (C=O) groups excluding carboxylic acids is 1. The predicted octanol–water partition coefficient (Wildman–Crippen LogP) is 7.13. The minimum Gasteiger partial charge on any atom is -0.355 e. The summed E-state index contributed by atoms with van der Waals surface area (Å²) in [4.78, 5) is 15.0. The molecule has 3 aromatic rings. The van der Waals surface area contributed by atoms with Crippen LogP contribution in [0.3, 0.4) is 0 Å². The Bertz CT molecular complexity index is 1060. The number of nitrogens with zero attached hydrogens (tertiary/aromatic N) is 1. The van der Waals surface area contributed by atoms with Gasteiger partial charge in [-0.3, -0.25) is 4.79 Å². The van der Waals surface area contributed by atoms with Crippen molar-refractivity contribution in [3.05, 3.63) is 107 Å². The van der Waals surface area contributed by atoms with Gasteiger partial charge in [0.25, 0.3) is 0 Å². The van der Waals surface area contributed by atoms with Crippen LogP contribution in [0, 0.1) is 5.41 Å². The Kier molecular flexibility index (Phi) is 5.53. The van der Waals surface area contributed by atoms with E-state index in [9.17, 15) is 4.79 Å². The van der Waals surface area contributed by atoms with Crippen LogP contribution < -0.4 is 4.90 Å². The van der Waals surface area contributed by atoms with Gasteiger partial charge in [-0.1, -0.05) is 105 Å². The lowest BCUT2D eigenvalue weighted by Gasteiger charge is -2.30. The normalized spacial score (nSPS) is 16.8. The van der Waals surface area contributed by atoms with Crippen molar-refractivity contribution in [2.24, 2.45) is 5.41 Å². The van der Waals surface area contributed by atoms with Gasteiger partial charge in [0.2, 0.25) is 0 Å². The van der Waals surface area contributed by atoms with Crippen LogP contribution in [0.1, 0.15) is 48.3 Å². The van der Waals surface area contributed by atoms with E-state index in [1.807, 2.05) is 69.3 Å². The molecule has 0 N–H and O–H groups in total. The number of benzene rings is 3. The highest BCUT2D eigenvalue weighted by molar-refractivity contribution is 6.34. The van der Waals surface area contributed by atoms with E-state index in [0.29, 0.717) is 6.54 Å². The third-order valence-corrected chi connectivity index (χ3v) is 5.85. The van der Waals surface area contributed by atoms with Gasteiger partial charge in [-0.25, -0.2) is 0 Å². The van der Waals surface area contributed by atoms with Gasteiger partial charge in [-0.05, 0) is 23.3 Å². The molecular formula is C27H26ClNO. The zero-order valence-corrected chi connectivity index (χ0v) is 18.4.